The van der Waals surface area contributed by atoms with Crippen LogP contribution in [0.4, 0.5) is 4.79 Å². The van der Waals surface area contributed by atoms with Crippen molar-refractivity contribution in [2.75, 3.05) is 12.0 Å². The molecule has 5 nitrogen and oxygen atoms in total. The van der Waals surface area contributed by atoms with Crippen molar-refractivity contribution < 1.29 is 14.7 Å². The molecule has 0 aromatic heterocycles. The second kappa shape index (κ2) is 10.1. The van der Waals surface area contributed by atoms with E-state index >= 15 is 0 Å². The first-order valence-electron chi connectivity index (χ1n) is 6.23. The van der Waals surface area contributed by atoms with E-state index in [1.807, 2.05) is 20.1 Å². The third kappa shape index (κ3) is 10.3. The number of amides is 2. The zero-order chi connectivity index (χ0) is 14.0. The summed E-state index contributed by atoms with van der Waals surface area (Å²) in [6.07, 6.45) is 4.40. The fourth-order valence-electron chi connectivity index (χ4n) is 1.49. The smallest absolute Gasteiger partial charge is 0.315 e. The molecule has 0 heterocycles. The Morgan fingerprint density at radius 2 is 1.72 bits per heavy atom. The molecule has 3 N–H and O–H groups in total. The number of hydrogen-bond acceptors (Lipinski definition) is 3. The van der Waals surface area contributed by atoms with Crippen LogP contribution < -0.4 is 10.6 Å². The number of carbonyl (C=O) groups excluding carboxylic acids is 1. The molecule has 0 bridgehead atoms. The lowest BCUT2D eigenvalue weighted by molar-refractivity contribution is -0.137. The molecule has 0 aromatic carbocycles. The third-order valence-corrected chi connectivity index (χ3v) is 3.18. The van der Waals surface area contributed by atoms with Crippen LogP contribution in [-0.4, -0.2) is 41.2 Å². The van der Waals surface area contributed by atoms with E-state index < -0.39 is 5.97 Å². The number of carboxylic acid groups (broad SMARTS) is 1. The van der Waals surface area contributed by atoms with Gasteiger partial charge >= 0.3 is 12.0 Å². The predicted molar refractivity (Wildman–Crippen MR) is 75.1 cm³/mol. The van der Waals surface area contributed by atoms with Gasteiger partial charge in [-0.3, -0.25) is 4.79 Å². The van der Waals surface area contributed by atoms with Gasteiger partial charge in [-0.05, 0) is 45.1 Å². The topological polar surface area (TPSA) is 78.4 Å². The van der Waals surface area contributed by atoms with Gasteiger partial charge in [-0.1, -0.05) is 0 Å². The van der Waals surface area contributed by atoms with Crippen molar-refractivity contribution in [2.24, 2.45) is 0 Å². The summed E-state index contributed by atoms with van der Waals surface area (Å²) in [5, 5.41) is 14.2. The summed E-state index contributed by atoms with van der Waals surface area (Å²) in [4.78, 5) is 21.9. The van der Waals surface area contributed by atoms with Crippen LogP contribution in [0.1, 0.15) is 39.5 Å². The van der Waals surface area contributed by atoms with Gasteiger partial charge in [0.2, 0.25) is 0 Å². The molecule has 2 unspecified atom stereocenters. The van der Waals surface area contributed by atoms with E-state index in [4.69, 9.17) is 5.11 Å². The second-order valence-electron chi connectivity index (χ2n) is 4.49. The standard InChI is InChI=1S/C12H24N2O3S/c1-9(5-4-6-11(15)16)13-12(17)14-10(2)7-8-18-3/h9-10H,4-8H2,1-3H3,(H,15,16)(H2,13,14,17). The fraction of sp³-hybridized carbons (Fsp3) is 0.833. The van der Waals surface area contributed by atoms with Crippen molar-refractivity contribution in [3.63, 3.8) is 0 Å². The molecule has 106 valence electrons. The Hall–Kier alpha value is -0.910. The molecule has 6 heteroatoms. The summed E-state index contributed by atoms with van der Waals surface area (Å²) in [6.45, 7) is 3.86. The molecule has 0 fully saturated rings. The van der Waals surface area contributed by atoms with Crippen LogP contribution in [0.5, 0.6) is 0 Å². The molecule has 0 aliphatic rings. The summed E-state index contributed by atoms with van der Waals surface area (Å²) in [5.74, 6) is 0.229. The molecule has 0 saturated heterocycles. The molecule has 0 rings (SSSR count). The van der Waals surface area contributed by atoms with E-state index in [-0.39, 0.29) is 24.5 Å². The van der Waals surface area contributed by atoms with Crippen LogP contribution in [0.15, 0.2) is 0 Å². The van der Waals surface area contributed by atoms with Gasteiger partial charge in [0, 0.05) is 18.5 Å². The van der Waals surface area contributed by atoms with Gasteiger partial charge in [-0.2, -0.15) is 11.8 Å². The lowest BCUT2D eigenvalue weighted by Gasteiger charge is -2.17. The Balaban J connectivity index is 3.69. The minimum atomic E-state index is -0.794. The molecule has 18 heavy (non-hydrogen) atoms. The Labute approximate surface area is 113 Å². The van der Waals surface area contributed by atoms with Crippen molar-refractivity contribution in [3.8, 4) is 0 Å². The summed E-state index contributed by atoms with van der Waals surface area (Å²) in [6, 6.07) is -0.0211. The molecule has 0 radical (unpaired) electrons. The van der Waals surface area contributed by atoms with Gasteiger partial charge in [0.1, 0.15) is 0 Å². The number of thioether (sulfide) groups is 1. The van der Waals surface area contributed by atoms with E-state index in [9.17, 15) is 9.59 Å². The Morgan fingerprint density at radius 1 is 1.17 bits per heavy atom. The molecular formula is C12H24N2O3S. The first-order valence-corrected chi connectivity index (χ1v) is 7.62. The minimum absolute atomic E-state index is 0.00269. The molecule has 0 aliphatic carbocycles. The van der Waals surface area contributed by atoms with Gasteiger partial charge in [0.15, 0.2) is 0 Å². The SMILES string of the molecule is CSCCC(C)NC(=O)NC(C)CCCC(=O)O. The molecule has 2 atom stereocenters. The van der Waals surface area contributed by atoms with E-state index in [2.05, 4.69) is 10.6 Å². The monoisotopic (exact) mass is 276 g/mol. The van der Waals surface area contributed by atoms with Crippen molar-refractivity contribution in [2.45, 2.75) is 51.6 Å². The number of rotatable bonds is 9. The van der Waals surface area contributed by atoms with Crippen molar-refractivity contribution in [1.29, 1.82) is 0 Å². The first-order chi connectivity index (χ1) is 8.45. The van der Waals surface area contributed by atoms with Crippen LogP contribution in [0.3, 0.4) is 0 Å². The fourth-order valence-corrected chi connectivity index (χ4v) is 2.08. The van der Waals surface area contributed by atoms with Gasteiger partial charge in [-0.25, -0.2) is 4.79 Å². The largest absolute Gasteiger partial charge is 0.481 e. The van der Waals surface area contributed by atoms with E-state index in [0.29, 0.717) is 12.8 Å². The zero-order valence-electron chi connectivity index (χ0n) is 11.4. The average molecular weight is 276 g/mol. The summed E-state index contributed by atoms with van der Waals surface area (Å²) >= 11 is 1.76. The number of aliphatic carboxylic acids is 1. The Kier molecular flexibility index (Phi) is 9.55. The predicted octanol–water partition coefficient (Wildman–Crippen LogP) is 2.07. The van der Waals surface area contributed by atoms with Crippen LogP contribution in [-0.2, 0) is 4.79 Å². The lowest BCUT2D eigenvalue weighted by atomic mass is 10.1. The Bertz CT molecular complexity index is 262. The number of hydrogen-bond donors (Lipinski definition) is 3. The molecule has 2 amide bonds. The van der Waals surface area contributed by atoms with E-state index in [0.717, 1.165) is 12.2 Å². The van der Waals surface area contributed by atoms with Crippen molar-refractivity contribution >= 4 is 23.8 Å². The average Bonchev–Trinajstić information content (AvgIpc) is 2.25. The molecule has 0 aromatic rings. The summed E-state index contributed by atoms with van der Waals surface area (Å²) in [7, 11) is 0. The zero-order valence-corrected chi connectivity index (χ0v) is 12.2. The highest BCUT2D eigenvalue weighted by Crippen LogP contribution is 2.02. The highest BCUT2D eigenvalue weighted by Gasteiger charge is 2.10. The first kappa shape index (κ1) is 17.1. The molecular weight excluding hydrogens is 252 g/mol. The van der Waals surface area contributed by atoms with Gasteiger partial charge in [0.05, 0.1) is 0 Å². The third-order valence-electron chi connectivity index (χ3n) is 2.54. The maximum Gasteiger partial charge on any atom is 0.315 e. The quantitative estimate of drug-likeness (QED) is 0.602. The highest BCUT2D eigenvalue weighted by atomic mass is 32.2. The normalized spacial score (nSPS) is 13.7. The van der Waals surface area contributed by atoms with Gasteiger partial charge < -0.3 is 15.7 Å². The maximum absolute atomic E-state index is 11.6. The second-order valence-corrected chi connectivity index (χ2v) is 5.47. The van der Waals surface area contributed by atoms with Crippen LogP contribution in [0.25, 0.3) is 0 Å². The van der Waals surface area contributed by atoms with E-state index in [1.54, 1.807) is 11.8 Å². The van der Waals surface area contributed by atoms with Crippen LogP contribution in [0.2, 0.25) is 0 Å². The van der Waals surface area contributed by atoms with Crippen molar-refractivity contribution in [3.05, 3.63) is 0 Å². The highest BCUT2D eigenvalue weighted by molar-refractivity contribution is 7.98. The number of urea groups is 1. The molecule has 0 saturated carbocycles. The van der Waals surface area contributed by atoms with Crippen LogP contribution >= 0.6 is 11.8 Å². The maximum atomic E-state index is 11.6. The molecule has 0 aliphatic heterocycles. The number of carboxylic acids is 1. The summed E-state index contributed by atoms with van der Waals surface area (Å²) in [5.41, 5.74) is 0. The van der Waals surface area contributed by atoms with E-state index in [1.165, 1.54) is 0 Å². The molecule has 0 spiro atoms. The van der Waals surface area contributed by atoms with Crippen molar-refractivity contribution in [1.82, 2.24) is 10.6 Å². The number of nitrogens with one attached hydrogen (secondary N) is 2. The Morgan fingerprint density at radius 3 is 2.22 bits per heavy atom. The summed E-state index contributed by atoms with van der Waals surface area (Å²) < 4.78 is 0. The van der Waals surface area contributed by atoms with Crippen LogP contribution in [0, 0.1) is 0 Å². The van der Waals surface area contributed by atoms with Gasteiger partial charge in [-0.15, -0.1) is 0 Å². The lowest BCUT2D eigenvalue weighted by Crippen LogP contribution is -2.44. The number of carbonyl (C=O) groups is 2. The van der Waals surface area contributed by atoms with Gasteiger partial charge in [0.25, 0.3) is 0 Å². The minimum Gasteiger partial charge on any atom is -0.481 e.